The SMILES string of the molecule is OC[C@@H](c1ccccc1)N1Cc2ccccc2C[C@H]1c1ccccc1. The predicted molar refractivity (Wildman–Crippen MR) is 101 cm³/mol. The van der Waals surface area contributed by atoms with E-state index in [-0.39, 0.29) is 18.7 Å². The van der Waals surface area contributed by atoms with Crippen molar-refractivity contribution in [2.45, 2.75) is 25.0 Å². The summed E-state index contributed by atoms with van der Waals surface area (Å²) in [6, 6.07) is 30.0. The minimum Gasteiger partial charge on any atom is -0.394 e. The molecule has 2 nitrogen and oxygen atoms in total. The van der Waals surface area contributed by atoms with E-state index in [0.29, 0.717) is 0 Å². The van der Waals surface area contributed by atoms with Gasteiger partial charge in [0.25, 0.3) is 0 Å². The first-order valence-electron chi connectivity index (χ1n) is 8.90. The normalized spacial score (nSPS) is 18.5. The maximum atomic E-state index is 10.2. The maximum absolute atomic E-state index is 10.2. The summed E-state index contributed by atoms with van der Waals surface area (Å²) in [7, 11) is 0. The molecule has 0 aliphatic carbocycles. The second-order valence-corrected chi connectivity index (χ2v) is 6.68. The molecule has 4 rings (SSSR count). The number of aliphatic hydroxyl groups is 1. The summed E-state index contributed by atoms with van der Waals surface area (Å²) in [6.45, 7) is 0.978. The molecule has 0 fully saturated rings. The molecule has 2 heteroatoms. The second kappa shape index (κ2) is 7.22. The van der Waals surface area contributed by atoms with Crippen molar-refractivity contribution in [3.05, 3.63) is 107 Å². The lowest BCUT2D eigenvalue weighted by Crippen LogP contribution is -2.38. The summed E-state index contributed by atoms with van der Waals surface area (Å²) in [5.41, 5.74) is 5.26. The minimum absolute atomic E-state index is 0.000220. The number of nitrogens with zero attached hydrogens (tertiary/aromatic N) is 1. The van der Waals surface area contributed by atoms with Crippen LogP contribution in [-0.4, -0.2) is 16.6 Å². The zero-order chi connectivity index (χ0) is 17.1. The van der Waals surface area contributed by atoms with Crippen molar-refractivity contribution in [2.24, 2.45) is 0 Å². The van der Waals surface area contributed by atoms with Crippen LogP contribution in [-0.2, 0) is 13.0 Å². The topological polar surface area (TPSA) is 23.5 Å². The third-order valence-corrected chi connectivity index (χ3v) is 5.23. The Morgan fingerprint density at radius 3 is 2.08 bits per heavy atom. The Bertz CT molecular complexity index is 816. The molecule has 0 amide bonds. The quantitative estimate of drug-likeness (QED) is 0.761. The number of hydrogen-bond donors (Lipinski definition) is 1. The van der Waals surface area contributed by atoms with Gasteiger partial charge < -0.3 is 5.11 Å². The summed E-state index contributed by atoms with van der Waals surface area (Å²) in [4.78, 5) is 2.45. The molecule has 0 saturated carbocycles. The molecule has 0 radical (unpaired) electrons. The number of fused-ring (bicyclic) bond motifs is 1. The van der Waals surface area contributed by atoms with Crippen LogP contribution in [0.1, 0.15) is 34.3 Å². The smallest absolute Gasteiger partial charge is 0.0628 e. The van der Waals surface area contributed by atoms with Crippen molar-refractivity contribution in [2.75, 3.05) is 6.61 Å². The molecule has 1 aliphatic rings. The molecule has 0 bridgehead atoms. The maximum Gasteiger partial charge on any atom is 0.0628 e. The predicted octanol–water partition coefficient (Wildman–Crippen LogP) is 4.52. The molecule has 2 atom stereocenters. The number of hydrogen-bond acceptors (Lipinski definition) is 2. The van der Waals surface area contributed by atoms with Crippen LogP contribution in [0.2, 0.25) is 0 Å². The fraction of sp³-hybridized carbons (Fsp3) is 0.217. The Morgan fingerprint density at radius 2 is 1.40 bits per heavy atom. The molecule has 1 N–H and O–H groups in total. The van der Waals surface area contributed by atoms with Crippen LogP contribution in [0, 0.1) is 0 Å². The van der Waals surface area contributed by atoms with E-state index in [0.717, 1.165) is 13.0 Å². The van der Waals surface area contributed by atoms with Gasteiger partial charge in [0.05, 0.1) is 12.6 Å². The first kappa shape index (κ1) is 16.1. The standard InChI is InChI=1S/C23H23NO/c25-17-23(19-11-5-2-6-12-19)24-16-21-14-8-7-13-20(21)15-22(24)18-9-3-1-4-10-18/h1-14,22-23,25H,15-17H2/t22-,23-/m0/s1. The third-order valence-electron chi connectivity index (χ3n) is 5.23. The zero-order valence-corrected chi connectivity index (χ0v) is 14.3. The van der Waals surface area contributed by atoms with Gasteiger partial charge in [0, 0.05) is 12.6 Å². The van der Waals surface area contributed by atoms with Gasteiger partial charge >= 0.3 is 0 Å². The van der Waals surface area contributed by atoms with Crippen molar-refractivity contribution < 1.29 is 5.11 Å². The molecule has 1 heterocycles. The monoisotopic (exact) mass is 329 g/mol. The summed E-state index contributed by atoms with van der Waals surface area (Å²) >= 11 is 0. The summed E-state index contributed by atoms with van der Waals surface area (Å²) in [6.07, 6.45) is 0.976. The molecule has 0 spiro atoms. The van der Waals surface area contributed by atoms with Crippen molar-refractivity contribution in [3.8, 4) is 0 Å². The highest BCUT2D eigenvalue weighted by Gasteiger charge is 2.32. The van der Waals surface area contributed by atoms with Crippen LogP contribution in [0.15, 0.2) is 84.9 Å². The number of rotatable bonds is 4. The van der Waals surface area contributed by atoms with Gasteiger partial charge in [0.1, 0.15) is 0 Å². The van der Waals surface area contributed by atoms with Gasteiger partial charge in [-0.25, -0.2) is 0 Å². The first-order valence-corrected chi connectivity index (χ1v) is 8.90. The van der Waals surface area contributed by atoms with E-state index < -0.39 is 0 Å². The van der Waals surface area contributed by atoms with Crippen molar-refractivity contribution >= 4 is 0 Å². The van der Waals surface area contributed by atoms with E-state index in [1.165, 1.54) is 22.3 Å². The van der Waals surface area contributed by atoms with Crippen LogP contribution in [0.25, 0.3) is 0 Å². The molecule has 0 aromatic heterocycles. The molecule has 0 saturated heterocycles. The lowest BCUT2D eigenvalue weighted by molar-refractivity contribution is 0.0656. The van der Waals surface area contributed by atoms with E-state index >= 15 is 0 Å². The molecular weight excluding hydrogens is 306 g/mol. The van der Waals surface area contributed by atoms with Gasteiger partial charge in [-0.05, 0) is 28.7 Å². The molecule has 3 aromatic carbocycles. The van der Waals surface area contributed by atoms with Gasteiger partial charge in [0.2, 0.25) is 0 Å². The summed E-state index contributed by atoms with van der Waals surface area (Å²) in [5, 5.41) is 10.2. The van der Waals surface area contributed by atoms with Crippen LogP contribution in [0.4, 0.5) is 0 Å². The zero-order valence-electron chi connectivity index (χ0n) is 14.3. The van der Waals surface area contributed by atoms with Crippen molar-refractivity contribution in [3.63, 3.8) is 0 Å². The van der Waals surface area contributed by atoms with E-state index in [4.69, 9.17) is 0 Å². The molecule has 3 aromatic rings. The minimum atomic E-state index is -0.000220. The molecule has 126 valence electrons. The fourth-order valence-corrected chi connectivity index (χ4v) is 3.93. The number of benzene rings is 3. The largest absolute Gasteiger partial charge is 0.394 e. The van der Waals surface area contributed by atoms with Crippen molar-refractivity contribution in [1.82, 2.24) is 4.90 Å². The molecular formula is C23H23NO. The molecule has 25 heavy (non-hydrogen) atoms. The van der Waals surface area contributed by atoms with E-state index in [1.807, 2.05) is 18.2 Å². The lowest BCUT2D eigenvalue weighted by Gasteiger charge is -2.42. The Hall–Kier alpha value is -2.42. The molecule has 0 unspecified atom stereocenters. The Balaban J connectivity index is 1.76. The van der Waals surface area contributed by atoms with Crippen molar-refractivity contribution in [1.29, 1.82) is 0 Å². The second-order valence-electron chi connectivity index (χ2n) is 6.68. The third kappa shape index (κ3) is 3.23. The number of aliphatic hydroxyl groups excluding tert-OH is 1. The average Bonchev–Trinajstić information content (AvgIpc) is 2.69. The van der Waals surface area contributed by atoms with Gasteiger partial charge in [0.15, 0.2) is 0 Å². The van der Waals surface area contributed by atoms with E-state index in [2.05, 4.69) is 71.6 Å². The Kier molecular flexibility index (Phi) is 4.64. The fourth-order valence-electron chi connectivity index (χ4n) is 3.93. The molecule has 1 aliphatic heterocycles. The van der Waals surface area contributed by atoms with E-state index in [1.54, 1.807) is 0 Å². The van der Waals surface area contributed by atoms with Gasteiger partial charge in [-0.15, -0.1) is 0 Å². The highest BCUT2D eigenvalue weighted by molar-refractivity contribution is 5.34. The van der Waals surface area contributed by atoms with Gasteiger partial charge in [-0.3, -0.25) is 4.90 Å². The Labute approximate surface area is 149 Å². The first-order chi connectivity index (χ1) is 12.4. The van der Waals surface area contributed by atoms with Crippen LogP contribution >= 0.6 is 0 Å². The van der Waals surface area contributed by atoms with Crippen LogP contribution in [0.3, 0.4) is 0 Å². The summed E-state index contributed by atoms with van der Waals surface area (Å²) < 4.78 is 0. The highest BCUT2D eigenvalue weighted by Crippen LogP contribution is 2.38. The summed E-state index contributed by atoms with van der Waals surface area (Å²) in [5.74, 6) is 0. The van der Waals surface area contributed by atoms with Gasteiger partial charge in [-0.2, -0.15) is 0 Å². The highest BCUT2D eigenvalue weighted by atomic mass is 16.3. The average molecular weight is 329 g/mol. The van der Waals surface area contributed by atoms with Gasteiger partial charge in [-0.1, -0.05) is 84.9 Å². The lowest BCUT2D eigenvalue weighted by atomic mass is 9.87. The van der Waals surface area contributed by atoms with E-state index in [9.17, 15) is 5.11 Å². The van der Waals surface area contributed by atoms with Crippen LogP contribution in [0.5, 0.6) is 0 Å². The van der Waals surface area contributed by atoms with Crippen LogP contribution < -0.4 is 0 Å². The Morgan fingerprint density at radius 1 is 0.800 bits per heavy atom.